The number of fused-ring (bicyclic) bond motifs is 1. The van der Waals surface area contributed by atoms with Crippen LogP contribution in [0.2, 0.25) is 0 Å². The number of primary amides is 1. The van der Waals surface area contributed by atoms with Crippen molar-refractivity contribution in [3.8, 4) is 0 Å². The van der Waals surface area contributed by atoms with Gasteiger partial charge in [-0.05, 0) is 42.3 Å². The minimum Gasteiger partial charge on any atom is -0.391 e. The molecule has 0 radical (unpaired) electrons. The quantitative estimate of drug-likeness (QED) is 0.382. The van der Waals surface area contributed by atoms with Crippen molar-refractivity contribution in [2.24, 2.45) is 5.73 Å². The molecule has 2 fully saturated rings. The van der Waals surface area contributed by atoms with Crippen molar-refractivity contribution < 1.29 is 19.4 Å². The number of carbonyl (C=O) groups excluding carboxylic acids is 2. The summed E-state index contributed by atoms with van der Waals surface area (Å²) in [6.07, 6.45) is 1.12. The summed E-state index contributed by atoms with van der Waals surface area (Å²) in [6.45, 7) is 5.44. The Hall–Kier alpha value is -3.80. The van der Waals surface area contributed by atoms with Crippen LogP contribution in [0.3, 0.4) is 0 Å². The molecule has 0 bridgehead atoms. The lowest BCUT2D eigenvalue weighted by atomic mass is 10.1. The third kappa shape index (κ3) is 5.33. The van der Waals surface area contributed by atoms with E-state index in [0.29, 0.717) is 36.8 Å². The van der Waals surface area contributed by atoms with Gasteiger partial charge in [-0.1, -0.05) is 0 Å². The highest BCUT2D eigenvalue weighted by Gasteiger charge is 2.37. The van der Waals surface area contributed by atoms with Crippen LogP contribution < -0.4 is 21.5 Å². The number of amides is 2. The molecule has 0 saturated carbocycles. The van der Waals surface area contributed by atoms with Gasteiger partial charge in [0.05, 0.1) is 24.9 Å². The number of nitrogens with zero attached hydrogens (tertiary/aromatic N) is 3. The summed E-state index contributed by atoms with van der Waals surface area (Å²) in [5.41, 5.74) is 8.56. The Morgan fingerprint density at radius 3 is 2.78 bits per heavy atom. The molecule has 1 aromatic carbocycles. The third-order valence-electron chi connectivity index (χ3n) is 6.87. The summed E-state index contributed by atoms with van der Waals surface area (Å²) in [5, 5.41) is 14.0. The zero-order chi connectivity index (χ0) is 26.1. The lowest BCUT2D eigenvalue weighted by Gasteiger charge is -2.28. The van der Waals surface area contributed by atoms with Gasteiger partial charge in [0.25, 0.3) is 5.91 Å². The Morgan fingerprint density at radius 1 is 1.24 bits per heavy atom. The number of benzene rings is 1. The average molecular weight is 507 g/mol. The Balaban J connectivity index is 1.49. The van der Waals surface area contributed by atoms with Gasteiger partial charge >= 0.3 is 0 Å². The average Bonchev–Trinajstić information content (AvgIpc) is 3.27. The maximum atomic E-state index is 13.6. The molecule has 37 heavy (non-hydrogen) atoms. The number of aliphatic hydroxyl groups is 1. The van der Waals surface area contributed by atoms with E-state index in [1.54, 1.807) is 35.4 Å². The van der Waals surface area contributed by atoms with Gasteiger partial charge in [0.15, 0.2) is 0 Å². The molecule has 5 N–H and O–H groups in total. The van der Waals surface area contributed by atoms with Crippen LogP contribution in [0.1, 0.15) is 27.9 Å². The largest absolute Gasteiger partial charge is 0.391 e. The van der Waals surface area contributed by atoms with Gasteiger partial charge in [0.1, 0.15) is 11.9 Å². The van der Waals surface area contributed by atoms with Crippen molar-refractivity contribution in [3.63, 3.8) is 0 Å². The molecule has 11 heteroatoms. The molecule has 0 aliphatic carbocycles. The number of nitrogens with two attached hydrogens (primary N) is 1. The standard InChI is InChI=1S/C26H30N6O5/c1-15-8-23(34)30-21-3-2-17(10-19(15)21)29-26(36)20-9-16(13-31-4-6-37-7-5-31)12-28-25(20)32-14-18(33)11-22(32)24(27)35/h2-3,8-10,12,18,22,33H,4-7,11,13-14H2,1H3,(H2,27,35)(H,29,36)(H,30,34). The number of aromatic amines is 1. The zero-order valence-electron chi connectivity index (χ0n) is 20.6. The van der Waals surface area contributed by atoms with Crippen LogP contribution in [-0.4, -0.2) is 76.8 Å². The minimum absolute atomic E-state index is 0.145. The minimum atomic E-state index is -0.765. The van der Waals surface area contributed by atoms with Gasteiger partial charge in [-0.25, -0.2) is 4.98 Å². The number of anilines is 2. The molecule has 2 saturated heterocycles. The van der Waals surface area contributed by atoms with Gasteiger partial charge in [-0.15, -0.1) is 0 Å². The van der Waals surface area contributed by atoms with Crippen LogP contribution in [0.5, 0.6) is 0 Å². The van der Waals surface area contributed by atoms with E-state index < -0.39 is 24.0 Å². The van der Waals surface area contributed by atoms with Crippen LogP contribution in [0.15, 0.2) is 41.3 Å². The highest BCUT2D eigenvalue weighted by atomic mass is 16.5. The maximum absolute atomic E-state index is 13.6. The second-order valence-electron chi connectivity index (χ2n) is 9.59. The maximum Gasteiger partial charge on any atom is 0.259 e. The van der Waals surface area contributed by atoms with Gasteiger partial charge in [-0.2, -0.15) is 0 Å². The van der Waals surface area contributed by atoms with Gasteiger partial charge in [-0.3, -0.25) is 19.3 Å². The number of H-pyrrole nitrogens is 1. The summed E-state index contributed by atoms with van der Waals surface area (Å²) in [4.78, 5) is 48.7. The van der Waals surface area contributed by atoms with E-state index in [1.165, 1.54) is 6.07 Å². The van der Waals surface area contributed by atoms with E-state index in [0.717, 1.165) is 29.6 Å². The fourth-order valence-electron chi connectivity index (χ4n) is 5.02. The van der Waals surface area contributed by atoms with Crippen molar-refractivity contribution in [1.29, 1.82) is 0 Å². The molecular formula is C26H30N6O5. The summed E-state index contributed by atoms with van der Waals surface area (Å²) in [7, 11) is 0. The Bertz CT molecular complexity index is 1400. The lowest BCUT2D eigenvalue weighted by molar-refractivity contribution is -0.119. The molecule has 0 spiro atoms. The van der Waals surface area contributed by atoms with Crippen LogP contribution in [0.25, 0.3) is 10.9 Å². The van der Waals surface area contributed by atoms with E-state index in [1.807, 2.05) is 6.92 Å². The van der Waals surface area contributed by atoms with E-state index >= 15 is 0 Å². The summed E-state index contributed by atoms with van der Waals surface area (Å²) in [5.74, 6) is -0.691. The van der Waals surface area contributed by atoms with Crippen molar-refractivity contribution >= 4 is 34.2 Å². The van der Waals surface area contributed by atoms with E-state index in [9.17, 15) is 19.5 Å². The number of aliphatic hydroxyl groups excluding tert-OH is 1. The molecule has 2 aliphatic rings. The second-order valence-corrected chi connectivity index (χ2v) is 9.59. The predicted molar refractivity (Wildman–Crippen MR) is 139 cm³/mol. The first-order valence-electron chi connectivity index (χ1n) is 12.3. The molecule has 2 aliphatic heterocycles. The number of ether oxygens (including phenoxy) is 1. The van der Waals surface area contributed by atoms with Crippen LogP contribution in [-0.2, 0) is 16.1 Å². The Kier molecular flexibility index (Phi) is 6.92. The topological polar surface area (TPSA) is 154 Å². The van der Waals surface area contributed by atoms with Crippen molar-refractivity contribution in [2.45, 2.75) is 32.0 Å². The molecule has 2 amide bonds. The lowest BCUT2D eigenvalue weighted by Crippen LogP contribution is -2.41. The van der Waals surface area contributed by atoms with Crippen molar-refractivity contribution in [3.05, 3.63) is 63.6 Å². The number of hydrogen-bond donors (Lipinski definition) is 4. The highest BCUT2D eigenvalue weighted by molar-refractivity contribution is 6.08. The molecule has 2 atom stereocenters. The molecule has 2 unspecified atom stereocenters. The number of hydrogen-bond acceptors (Lipinski definition) is 8. The van der Waals surface area contributed by atoms with Crippen LogP contribution >= 0.6 is 0 Å². The normalized spacial score (nSPS) is 20.3. The molecule has 4 heterocycles. The van der Waals surface area contributed by atoms with Gasteiger partial charge in [0, 0.05) is 61.5 Å². The number of rotatable bonds is 6. The number of aromatic nitrogens is 2. The van der Waals surface area contributed by atoms with Crippen LogP contribution in [0.4, 0.5) is 11.5 Å². The number of β-amino-alcohol motifs (C(OH)–C–C–N with tert-alkyl or cyclic N) is 1. The third-order valence-corrected chi connectivity index (χ3v) is 6.87. The SMILES string of the molecule is Cc1cc(=O)[nH]c2ccc(NC(=O)c3cc(CN4CCOCC4)cnc3N3CC(O)CC3C(N)=O)cc12. The second kappa shape index (κ2) is 10.3. The van der Waals surface area contributed by atoms with Gasteiger partial charge in [0.2, 0.25) is 11.5 Å². The van der Waals surface area contributed by atoms with Crippen molar-refractivity contribution in [2.75, 3.05) is 43.1 Å². The summed E-state index contributed by atoms with van der Waals surface area (Å²) in [6, 6.07) is 7.78. The number of aryl methyl sites for hydroxylation is 1. The molecule has 11 nitrogen and oxygen atoms in total. The molecular weight excluding hydrogens is 476 g/mol. The van der Waals surface area contributed by atoms with E-state index in [4.69, 9.17) is 10.5 Å². The fourth-order valence-corrected chi connectivity index (χ4v) is 5.02. The van der Waals surface area contributed by atoms with Gasteiger partial charge < -0.3 is 30.8 Å². The first-order valence-corrected chi connectivity index (χ1v) is 12.3. The van der Waals surface area contributed by atoms with E-state index in [-0.39, 0.29) is 24.1 Å². The summed E-state index contributed by atoms with van der Waals surface area (Å²) >= 11 is 0. The number of pyridine rings is 2. The fraction of sp³-hybridized carbons (Fsp3) is 0.385. The molecule has 5 rings (SSSR count). The van der Waals surface area contributed by atoms with E-state index in [2.05, 4.69) is 20.2 Å². The number of morpholine rings is 1. The van der Waals surface area contributed by atoms with Crippen molar-refractivity contribution in [1.82, 2.24) is 14.9 Å². The summed E-state index contributed by atoms with van der Waals surface area (Å²) < 4.78 is 5.43. The Morgan fingerprint density at radius 2 is 2.03 bits per heavy atom. The molecule has 194 valence electrons. The first kappa shape index (κ1) is 24.9. The smallest absolute Gasteiger partial charge is 0.259 e. The predicted octanol–water partition coefficient (Wildman–Crippen LogP) is 0.741. The number of carbonyl (C=O) groups is 2. The molecule has 2 aromatic heterocycles. The Labute approximate surface area is 213 Å². The molecule has 3 aromatic rings. The van der Waals surface area contributed by atoms with Crippen LogP contribution in [0, 0.1) is 6.92 Å². The first-order chi connectivity index (χ1) is 17.8. The highest BCUT2D eigenvalue weighted by Crippen LogP contribution is 2.29. The zero-order valence-corrected chi connectivity index (χ0v) is 20.6. The monoisotopic (exact) mass is 506 g/mol. The number of nitrogens with one attached hydrogen (secondary N) is 2.